The Balaban J connectivity index is 1.69. The summed E-state index contributed by atoms with van der Waals surface area (Å²) in [5.41, 5.74) is 1.16. The van der Waals surface area contributed by atoms with Gasteiger partial charge in [-0.05, 0) is 30.4 Å². The van der Waals surface area contributed by atoms with Crippen molar-refractivity contribution in [1.29, 1.82) is 0 Å². The second-order valence-corrected chi connectivity index (χ2v) is 4.02. The molecule has 1 aromatic carbocycles. The maximum absolute atomic E-state index is 7.53. The predicted octanol–water partition coefficient (Wildman–Crippen LogP) is 1.94. The summed E-state index contributed by atoms with van der Waals surface area (Å²) in [6, 6.07) is 7.79. The van der Waals surface area contributed by atoms with Crippen molar-refractivity contribution in [2.45, 2.75) is 18.8 Å². The topological polar surface area (TPSA) is 33.6 Å². The molecule has 0 aromatic heterocycles. The molecule has 3 nitrogen and oxygen atoms in total. The molecule has 84 valence electrons. The molecular formula is C13H16N2O. The van der Waals surface area contributed by atoms with E-state index in [1.165, 1.54) is 12.8 Å². The largest absolute Gasteiger partial charge is 0.485 e. The van der Waals surface area contributed by atoms with E-state index in [0.29, 0.717) is 5.92 Å². The molecular weight excluding hydrogens is 200 g/mol. The second kappa shape index (κ2) is 4.16. The van der Waals surface area contributed by atoms with Crippen molar-refractivity contribution >= 4 is 5.84 Å². The van der Waals surface area contributed by atoms with E-state index in [4.69, 9.17) is 10.2 Å². The fraction of sp³-hybridized carbons (Fsp3) is 0.462. The van der Waals surface area contributed by atoms with Crippen LogP contribution in [0.15, 0.2) is 29.3 Å². The molecule has 0 amide bonds. The minimum atomic E-state index is -2.26. The normalized spacial score (nSPS) is 29.1. The number of ether oxygens (including phenoxy) is 1. The van der Waals surface area contributed by atoms with Crippen molar-refractivity contribution in [3.63, 3.8) is 0 Å². The van der Waals surface area contributed by atoms with Gasteiger partial charge in [-0.15, -0.1) is 0 Å². The smallest absolute Gasteiger partial charge is 0.145 e. The Hall–Kier alpha value is -1.51. The van der Waals surface area contributed by atoms with Crippen molar-refractivity contribution < 1.29 is 10.2 Å². The molecule has 1 aliphatic carbocycles. The number of nitrogens with one attached hydrogen (secondary N) is 1. The van der Waals surface area contributed by atoms with E-state index in [-0.39, 0.29) is 12.4 Å². The SMILES string of the molecule is [2H]C1([2H])N=C(COc2ccccc2C2CC2)NC1([2H])[2H]. The van der Waals surface area contributed by atoms with Crippen LogP contribution in [-0.2, 0) is 0 Å². The number of para-hydroxylation sites is 1. The molecule has 3 heteroatoms. The molecule has 1 saturated carbocycles. The Morgan fingerprint density at radius 3 is 3.06 bits per heavy atom. The molecule has 0 unspecified atom stereocenters. The van der Waals surface area contributed by atoms with Crippen LogP contribution in [0.4, 0.5) is 0 Å². The molecule has 1 aliphatic heterocycles. The molecule has 0 spiro atoms. The zero-order valence-electron chi connectivity index (χ0n) is 12.9. The van der Waals surface area contributed by atoms with Gasteiger partial charge in [-0.2, -0.15) is 0 Å². The van der Waals surface area contributed by atoms with Crippen molar-refractivity contribution in [2.75, 3.05) is 19.6 Å². The van der Waals surface area contributed by atoms with Crippen LogP contribution in [0.1, 0.15) is 29.8 Å². The summed E-state index contributed by atoms with van der Waals surface area (Å²) in [7, 11) is 0. The number of benzene rings is 1. The van der Waals surface area contributed by atoms with Gasteiger partial charge in [0, 0.05) is 6.50 Å². The van der Waals surface area contributed by atoms with Gasteiger partial charge >= 0.3 is 0 Å². The molecule has 1 fully saturated rings. The zero-order valence-corrected chi connectivity index (χ0v) is 8.86. The minimum absolute atomic E-state index is 0.0444. The lowest BCUT2D eigenvalue weighted by Crippen LogP contribution is -2.25. The van der Waals surface area contributed by atoms with Gasteiger partial charge in [0.05, 0.1) is 12.0 Å². The number of hydrogen-bond acceptors (Lipinski definition) is 3. The third kappa shape index (κ3) is 2.03. The summed E-state index contributed by atoms with van der Waals surface area (Å²) in [5.74, 6) is 1.53. The fourth-order valence-electron chi connectivity index (χ4n) is 1.78. The molecule has 3 rings (SSSR count). The lowest BCUT2D eigenvalue weighted by molar-refractivity contribution is 0.369. The molecule has 2 aliphatic rings. The first kappa shape index (κ1) is 6.28. The predicted molar refractivity (Wildman–Crippen MR) is 64.2 cm³/mol. The minimum Gasteiger partial charge on any atom is -0.485 e. The van der Waals surface area contributed by atoms with Crippen molar-refractivity contribution in [3.8, 4) is 5.75 Å². The van der Waals surface area contributed by atoms with E-state index in [1.54, 1.807) is 0 Å². The number of hydrogen-bond donors (Lipinski definition) is 1. The van der Waals surface area contributed by atoms with Crippen LogP contribution in [0.25, 0.3) is 0 Å². The van der Waals surface area contributed by atoms with E-state index < -0.39 is 13.0 Å². The number of rotatable bonds is 4. The molecule has 0 atom stereocenters. The molecule has 16 heavy (non-hydrogen) atoms. The van der Waals surface area contributed by atoms with Gasteiger partial charge in [0.1, 0.15) is 18.2 Å². The van der Waals surface area contributed by atoms with Gasteiger partial charge in [-0.25, -0.2) is 0 Å². The average molecular weight is 220 g/mol. The summed E-state index contributed by atoms with van der Waals surface area (Å²) in [5, 5.41) is 2.44. The Bertz CT molecular complexity index is 555. The number of nitrogens with zero attached hydrogens (tertiary/aromatic N) is 1. The standard InChI is InChI=1S/C13H16N2O/c1-2-4-12(11(3-1)10-5-6-10)16-9-13-14-7-8-15-13/h1-4,10H,5-9H2,(H,14,15)/i7D2,8D2. The van der Waals surface area contributed by atoms with Gasteiger partial charge in [0.15, 0.2) is 0 Å². The van der Waals surface area contributed by atoms with Crippen LogP contribution in [0.5, 0.6) is 5.75 Å². The maximum Gasteiger partial charge on any atom is 0.145 e. The van der Waals surface area contributed by atoms with Gasteiger partial charge in [-0.1, -0.05) is 18.2 Å². The summed E-state index contributed by atoms with van der Waals surface area (Å²) < 4.78 is 35.8. The summed E-state index contributed by atoms with van der Waals surface area (Å²) in [4.78, 5) is 3.72. The van der Waals surface area contributed by atoms with Crippen LogP contribution in [-0.4, -0.2) is 25.4 Å². The number of amidine groups is 1. The van der Waals surface area contributed by atoms with Crippen LogP contribution in [0.2, 0.25) is 0 Å². The fourth-order valence-corrected chi connectivity index (χ4v) is 1.78. The first-order chi connectivity index (χ1) is 9.39. The third-order valence-corrected chi connectivity index (χ3v) is 2.75. The maximum atomic E-state index is 7.53. The van der Waals surface area contributed by atoms with Crippen molar-refractivity contribution in [1.82, 2.24) is 5.32 Å². The molecule has 0 bridgehead atoms. The van der Waals surface area contributed by atoms with Crippen LogP contribution < -0.4 is 10.1 Å². The Morgan fingerprint density at radius 1 is 1.44 bits per heavy atom. The van der Waals surface area contributed by atoms with Gasteiger partial charge in [0.2, 0.25) is 0 Å². The highest BCUT2D eigenvalue weighted by atomic mass is 16.5. The Kier molecular flexibility index (Phi) is 1.63. The highest BCUT2D eigenvalue weighted by Gasteiger charge is 2.26. The van der Waals surface area contributed by atoms with Crippen molar-refractivity contribution in [2.24, 2.45) is 4.99 Å². The summed E-state index contributed by atoms with van der Waals surface area (Å²) in [6.07, 6.45) is 2.34. The van der Waals surface area contributed by atoms with E-state index in [1.807, 2.05) is 24.3 Å². The molecule has 0 radical (unpaired) electrons. The van der Waals surface area contributed by atoms with E-state index in [0.717, 1.165) is 11.3 Å². The molecule has 1 aromatic rings. The first-order valence-corrected chi connectivity index (χ1v) is 5.48. The Morgan fingerprint density at radius 2 is 2.31 bits per heavy atom. The van der Waals surface area contributed by atoms with Crippen LogP contribution in [0.3, 0.4) is 0 Å². The zero-order chi connectivity index (χ0) is 14.4. The Labute approximate surface area is 101 Å². The van der Waals surface area contributed by atoms with E-state index in [9.17, 15) is 0 Å². The average Bonchev–Trinajstić information content (AvgIpc) is 3.16. The van der Waals surface area contributed by atoms with Crippen molar-refractivity contribution in [3.05, 3.63) is 29.8 Å². The van der Waals surface area contributed by atoms with E-state index in [2.05, 4.69) is 10.3 Å². The van der Waals surface area contributed by atoms with E-state index >= 15 is 0 Å². The summed E-state index contributed by atoms with van der Waals surface area (Å²) in [6.45, 7) is -4.41. The van der Waals surface area contributed by atoms with Gasteiger partial charge in [-0.3, -0.25) is 4.99 Å². The second-order valence-electron chi connectivity index (χ2n) is 4.02. The van der Waals surface area contributed by atoms with Gasteiger partial charge in [0.25, 0.3) is 0 Å². The molecule has 0 saturated heterocycles. The molecule has 1 heterocycles. The number of aliphatic imine (C=N–C) groups is 1. The third-order valence-electron chi connectivity index (χ3n) is 2.75. The highest BCUT2D eigenvalue weighted by molar-refractivity contribution is 5.85. The van der Waals surface area contributed by atoms with Crippen LogP contribution in [0, 0.1) is 0 Å². The highest BCUT2D eigenvalue weighted by Crippen LogP contribution is 2.44. The lowest BCUT2D eigenvalue weighted by atomic mass is 10.1. The lowest BCUT2D eigenvalue weighted by Gasteiger charge is -2.10. The van der Waals surface area contributed by atoms with Gasteiger partial charge < -0.3 is 10.1 Å². The summed E-state index contributed by atoms with van der Waals surface area (Å²) >= 11 is 0. The quantitative estimate of drug-likeness (QED) is 0.841. The monoisotopic (exact) mass is 220 g/mol. The first-order valence-electron chi connectivity index (χ1n) is 7.48. The van der Waals surface area contributed by atoms with Crippen LogP contribution >= 0.6 is 0 Å². The molecule has 1 N–H and O–H groups in total.